The SMILES string of the molecule is C#Cc1c(OCCOC)nc2c(c1-c1ccc(C(F)(F)F)cc1)CCCCC2. The molecule has 3 nitrogen and oxygen atoms in total. The Morgan fingerprint density at radius 2 is 1.79 bits per heavy atom. The van der Waals surface area contributed by atoms with Crippen molar-refractivity contribution in [2.75, 3.05) is 20.3 Å². The number of aromatic nitrogens is 1. The zero-order valence-electron chi connectivity index (χ0n) is 15.7. The summed E-state index contributed by atoms with van der Waals surface area (Å²) in [6, 6.07) is 5.13. The van der Waals surface area contributed by atoms with E-state index in [-0.39, 0.29) is 0 Å². The van der Waals surface area contributed by atoms with Crippen LogP contribution in [0.2, 0.25) is 0 Å². The highest BCUT2D eigenvalue weighted by molar-refractivity contribution is 5.77. The second-order valence-electron chi connectivity index (χ2n) is 6.71. The number of terminal acetylenes is 1. The average Bonchev–Trinajstić information content (AvgIpc) is 2.91. The number of rotatable bonds is 5. The number of aryl methyl sites for hydroxylation is 1. The summed E-state index contributed by atoms with van der Waals surface area (Å²) in [5.41, 5.74) is 3.14. The maximum atomic E-state index is 13.0. The fourth-order valence-corrected chi connectivity index (χ4v) is 3.50. The third-order valence-electron chi connectivity index (χ3n) is 4.86. The van der Waals surface area contributed by atoms with Gasteiger partial charge in [-0.15, -0.1) is 6.42 Å². The summed E-state index contributed by atoms with van der Waals surface area (Å²) in [7, 11) is 1.57. The zero-order valence-corrected chi connectivity index (χ0v) is 15.7. The first-order valence-corrected chi connectivity index (χ1v) is 9.27. The predicted octanol–water partition coefficient (Wildman–Crippen LogP) is 5.04. The molecule has 0 amide bonds. The standard InChI is InChI=1S/C22H22F3NO2/c1-3-17-20(15-9-11-16(12-10-15)22(23,24)25)18-7-5-4-6-8-19(18)26-21(17)28-14-13-27-2/h1,9-12H,4-8,13-14H2,2H3. The highest BCUT2D eigenvalue weighted by atomic mass is 19.4. The van der Waals surface area contributed by atoms with E-state index in [1.807, 2.05) is 0 Å². The lowest BCUT2D eigenvalue weighted by molar-refractivity contribution is -0.137. The molecule has 1 heterocycles. The van der Waals surface area contributed by atoms with Gasteiger partial charge in [0.1, 0.15) is 6.61 Å². The first-order chi connectivity index (χ1) is 13.5. The van der Waals surface area contributed by atoms with Gasteiger partial charge in [0.15, 0.2) is 0 Å². The Bertz CT molecular complexity index is 867. The molecule has 28 heavy (non-hydrogen) atoms. The summed E-state index contributed by atoms with van der Waals surface area (Å²) >= 11 is 0. The molecule has 1 aromatic heterocycles. The Morgan fingerprint density at radius 1 is 1.07 bits per heavy atom. The Hall–Kier alpha value is -2.52. The van der Waals surface area contributed by atoms with E-state index >= 15 is 0 Å². The molecule has 0 N–H and O–H groups in total. The fourth-order valence-electron chi connectivity index (χ4n) is 3.50. The minimum atomic E-state index is -4.38. The summed E-state index contributed by atoms with van der Waals surface area (Å²) in [5, 5.41) is 0. The molecular weight excluding hydrogens is 367 g/mol. The lowest BCUT2D eigenvalue weighted by atomic mass is 9.91. The van der Waals surface area contributed by atoms with Crippen molar-refractivity contribution in [1.82, 2.24) is 4.98 Å². The third-order valence-corrected chi connectivity index (χ3v) is 4.86. The van der Waals surface area contributed by atoms with E-state index in [1.165, 1.54) is 12.1 Å². The van der Waals surface area contributed by atoms with Crippen LogP contribution in [0.4, 0.5) is 13.2 Å². The van der Waals surface area contributed by atoms with Crippen molar-refractivity contribution in [3.8, 4) is 29.4 Å². The molecule has 0 atom stereocenters. The molecule has 2 aromatic rings. The van der Waals surface area contributed by atoms with Crippen LogP contribution in [0.5, 0.6) is 5.88 Å². The first kappa shape index (κ1) is 20.2. The number of fused-ring (bicyclic) bond motifs is 1. The topological polar surface area (TPSA) is 31.4 Å². The van der Waals surface area contributed by atoms with Crippen molar-refractivity contribution < 1.29 is 22.6 Å². The minimum absolute atomic E-state index is 0.295. The summed E-state index contributed by atoms with van der Waals surface area (Å²) in [5.74, 6) is 3.00. The number of alkyl halides is 3. The number of hydrogen-bond acceptors (Lipinski definition) is 3. The van der Waals surface area contributed by atoms with Crippen LogP contribution in [0.15, 0.2) is 24.3 Å². The molecule has 0 bridgehead atoms. The number of hydrogen-bond donors (Lipinski definition) is 0. The summed E-state index contributed by atoms with van der Waals surface area (Å²) in [6.07, 6.45) is 6.09. The quantitative estimate of drug-likeness (QED) is 0.408. The van der Waals surface area contributed by atoms with Crippen LogP contribution in [0.3, 0.4) is 0 Å². The predicted molar refractivity (Wildman–Crippen MR) is 101 cm³/mol. The van der Waals surface area contributed by atoms with Gasteiger partial charge in [-0.05, 0) is 48.9 Å². The molecule has 0 fully saturated rings. The summed E-state index contributed by atoms with van der Waals surface area (Å²) in [6.45, 7) is 0.682. The molecule has 0 saturated carbocycles. The molecule has 1 aromatic carbocycles. The molecule has 6 heteroatoms. The zero-order chi connectivity index (χ0) is 20.1. The third kappa shape index (κ3) is 4.31. The van der Waals surface area contributed by atoms with Gasteiger partial charge in [0.2, 0.25) is 5.88 Å². The van der Waals surface area contributed by atoms with Crippen molar-refractivity contribution in [3.05, 3.63) is 46.6 Å². The second-order valence-corrected chi connectivity index (χ2v) is 6.71. The van der Waals surface area contributed by atoms with E-state index in [0.717, 1.165) is 61.1 Å². The molecular formula is C22H22F3NO2. The molecule has 0 radical (unpaired) electrons. The van der Waals surface area contributed by atoms with Crippen molar-refractivity contribution in [2.24, 2.45) is 0 Å². The lowest BCUT2D eigenvalue weighted by Crippen LogP contribution is -2.11. The fraction of sp³-hybridized carbons (Fsp3) is 0.409. The van der Waals surface area contributed by atoms with Gasteiger partial charge in [-0.3, -0.25) is 0 Å². The van der Waals surface area contributed by atoms with Crippen LogP contribution in [0, 0.1) is 12.3 Å². The van der Waals surface area contributed by atoms with Gasteiger partial charge in [-0.25, -0.2) is 4.98 Å². The smallest absolute Gasteiger partial charge is 0.416 e. The lowest BCUT2D eigenvalue weighted by Gasteiger charge is -2.19. The van der Waals surface area contributed by atoms with Crippen LogP contribution in [0.1, 0.15) is 41.6 Å². The average molecular weight is 389 g/mol. The van der Waals surface area contributed by atoms with E-state index in [0.29, 0.717) is 30.2 Å². The van der Waals surface area contributed by atoms with Crippen LogP contribution >= 0.6 is 0 Å². The highest BCUT2D eigenvalue weighted by Gasteiger charge is 2.30. The maximum Gasteiger partial charge on any atom is 0.416 e. The molecule has 0 spiro atoms. The van der Waals surface area contributed by atoms with Gasteiger partial charge in [-0.2, -0.15) is 13.2 Å². The van der Waals surface area contributed by atoms with Crippen molar-refractivity contribution in [2.45, 2.75) is 38.3 Å². The van der Waals surface area contributed by atoms with Crippen LogP contribution < -0.4 is 4.74 Å². The first-order valence-electron chi connectivity index (χ1n) is 9.27. The molecule has 3 rings (SSSR count). The van der Waals surface area contributed by atoms with Crippen LogP contribution in [-0.2, 0) is 23.8 Å². The number of pyridine rings is 1. The molecule has 0 saturated heterocycles. The van der Waals surface area contributed by atoms with E-state index in [4.69, 9.17) is 15.9 Å². The van der Waals surface area contributed by atoms with E-state index in [1.54, 1.807) is 7.11 Å². The van der Waals surface area contributed by atoms with E-state index in [9.17, 15) is 13.2 Å². The second kappa shape index (κ2) is 8.66. The number of halogens is 3. The van der Waals surface area contributed by atoms with E-state index < -0.39 is 11.7 Å². The molecule has 1 aliphatic carbocycles. The van der Waals surface area contributed by atoms with Gasteiger partial charge in [0.25, 0.3) is 0 Å². The molecule has 1 aliphatic rings. The number of methoxy groups -OCH3 is 1. The van der Waals surface area contributed by atoms with Crippen LogP contribution in [0.25, 0.3) is 11.1 Å². The molecule has 0 unspecified atom stereocenters. The monoisotopic (exact) mass is 389 g/mol. The Balaban J connectivity index is 2.14. The van der Waals surface area contributed by atoms with Crippen molar-refractivity contribution in [1.29, 1.82) is 0 Å². The van der Waals surface area contributed by atoms with Gasteiger partial charge < -0.3 is 9.47 Å². The van der Waals surface area contributed by atoms with Gasteiger partial charge in [-0.1, -0.05) is 24.5 Å². The highest BCUT2D eigenvalue weighted by Crippen LogP contribution is 2.38. The summed E-state index contributed by atoms with van der Waals surface area (Å²) in [4.78, 5) is 4.66. The van der Waals surface area contributed by atoms with Crippen molar-refractivity contribution >= 4 is 0 Å². The van der Waals surface area contributed by atoms with E-state index in [2.05, 4.69) is 10.9 Å². The van der Waals surface area contributed by atoms with Crippen molar-refractivity contribution in [3.63, 3.8) is 0 Å². The molecule has 0 aliphatic heterocycles. The normalized spacial score (nSPS) is 14.1. The Labute approximate surface area is 162 Å². The Morgan fingerprint density at radius 3 is 2.43 bits per heavy atom. The summed E-state index contributed by atoms with van der Waals surface area (Å²) < 4.78 is 49.6. The maximum absolute atomic E-state index is 13.0. The van der Waals surface area contributed by atoms with Gasteiger partial charge >= 0.3 is 6.18 Å². The minimum Gasteiger partial charge on any atom is -0.474 e. The number of nitrogens with zero attached hydrogens (tertiary/aromatic N) is 1. The van der Waals surface area contributed by atoms with Crippen LogP contribution in [-0.4, -0.2) is 25.3 Å². The number of ether oxygens (including phenoxy) is 2. The van der Waals surface area contributed by atoms with Gasteiger partial charge in [0, 0.05) is 18.4 Å². The molecule has 148 valence electrons. The van der Waals surface area contributed by atoms with Gasteiger partial charge in [0.05, 0.1) is 17.7 Å². The number of benzene rings is 1. The Kier molecular flexibility index (Phi) is 6.25. The largest absolute Gasteiger partial charge is 0.474 e.